The molecule has 0 saturated heterocycles. The molecule has 2 rings (SSSR count). The van der Waals surface area contributed by atoms with Crippen LogP contribution in [0.25, 0.3) is 0 Å². The second-order valence-electron chi connectivity index (χ2n) is 5.18. The Hall–Kier alpha value is -1.39. The van der Waals surface area contributed by atoms with Crippen LogP contribution >= 0.6 is 11.6 Å². The van der Waals surface area contributed by atoms with Crippen molar-refractivity contribution in [1.82, 2.24) is 5.48 Å². The first-order valence-corrected chi connectivity index (χ1v) is 7.25. The lowest BCUT2D eigenvalue weighted by atomic mass is 9.80. The van der Waals surface area contributed by atoms with E-state index in [1.54, 1.807) is 11.5 Å². The Morgan fingerprint density at radius 1 is 1.40 bits per heavy atom. The van der Waals surface area contributed by atoms with Crippen molar-refractivity contribution in [3.05, 3.63) is 34.3 Å². The number of hydrogen-bond acceptors (Lipinski definition) is 3. The number of Topliss-reactive ketones (excluding diaryl/α,β-unsaturated/α-hetero) is 1. The molecular formula is C15H18ClNO3. The van der Waals surface area contributed by atoms with Gasteiger partial charge in [-0.3, -0.25) is 14.8 Å². The van der Waals surface area contributed by atoms with Crippen LogP contribution in [0.5, 0.6) is 0 Å². The molecule has 2 N–H and O–H groups in total. The minimum atomic E-state index is -0.375. The highest BCUT2D eigenvalue weighted by atomic mass is 35.5. The molecular weight excluding hydrogens is 278 g/mol. The van der Waals surface area contributed by atoms with Gasteiger partial charge in [0.1, 0.15) is 0 Å². The number of amides is 1. The van der Waals surface area contributed by atoms with E-state index in [2.05, 4.69) is 0 Å². The van der Waals surface area contributed by atoms with E-state index >= 15 is 0 Å². The second kappa shape index (κ2) is 6.86. The lowest BCUT2D eigenvalue weighted by Crippen LogP contribution is -2.23. The van der Waals surface area contributed by atoms with Crippen LogP contribution in [0, 0.1) is 5.92 Å². The van der Waals surface area contributed by atoms with E-state index in [0.29, 0.717) is 17.9 Å². The van der Waals surface area contributed by atoms with Gasteiger partial charge in [0.05, 0.1) is 0 Å². The maximum atomic E-state index is 12.3. The highest BCUT2D eigenvalue weighted by Crippen LogP contribution is 2.30. The van der Waals surface area contributed by atoms with Crippen molar-refractivity contribution in [1.29, 1.82) is 0 Å². The zero-order valence-corrected chi connectivity index (χ0v) is 11.9. The fourth-order valence-corrected chi connectivity index (χ4v) is 2.89. The van der Waals surface area contributed by atoms with Crippen molar-refractivity contribution in [2.75, 3.05) is 0 Å². The van der Waals surface area contributed by atoms with Crippen molar-refractivity contribution in [3.8, 4) is 0 Å². The van der Waals surface area contributed by atoms with Crippen LogP contribution in [0.1, 0.15) is 48.0 Å². The number of hydroxylamine groups is 1. The average molecular weight is 296 g/mol. The first-order chi connectivity index (χ1) is 9.61. The molecule has 5 heteroatoms. The number of carbonyl (C=O) groups is 2. The molecule has 1 amide bonds. The third-order valence-electron chi connectivity index (χ3n) is 3.80. The zero-order chi connectivity index (χ0) is 14.5. The van der Waals surface area contributed by atoms with E-state index in [1.807, 2.05) is 12.1 Å². The Kier molecular flexibility index (Phi) is 5.15. The number of nitrogens with one attached hydrogen (secondary N) is 1. The summed E-state index contributed by atoms with van der Waals surface area (Å²) in [5, 5.41) is 9.06. The zero-order valence-electron chi connectivity index (χ0n) is 11.2. The Bertz CT molecular complexity index is 516. The molecule has 0 aromatic heterocycles. The fourth-order valence-electron chi connectivity index (χ4n) is 2.70. The third-order valence-corrected chi connectivity index (χ3v) is 4.03. The first kappa shape index (κ1) is 15.0. The van der Waals surface area contributed by atoms with Crippen LogP contribution in [0.4, 0.5) is 0 Å². The number of fused-ring (bicyclic) bond motifs is 1. The monoisotopic (exact) mass is 295 g/mol. The molecule has 0 fully saturated rings. The van der Waals surface area contributed by atoms with Gasteiger partial charge in [-0.05, 0) is 49.4 Å². The van der Waals surface area contributed by atoms with Crippen LogP contribution in [0.2, 0.25) is 5.02 Å². The summed E-state index contributed by atoms with van der Waals surface area (Å²) in [6, 6.07) is 5.44. The van der Waals surface area contributed by atoms with Crippen LogP contribution in [-0.4, -0.2) is 16.9 Å². The van der Waals surface area contributed by atoms with Crippen LogP contribution < -0.4 is 5.48 Å². The number of unbranched alkanes of at least 4 members (excludes halogenated alkanes) is 1. The molecule has 1 aromatic carbocycles. The maximum absolute atomic E-state index is 12.3. The Morgan fingerprint density at radius 2 is 2.20 bits per heavy atom. The normalized spacial score (nSPS) is 17.7. The minimum absolute atomic E-state index is 0.0425. The summed E-state index contributed by atoms with van der Waals surface area (Å²) < 4.78 is 0. The van der Waals surface area contributed by atoms with E-state index in [9.17, 15) is 9.59 Å². The SMILES string of the molecule is O=C(CCCCC1CCc2cc(Cl)ccc2C1=O)NO. The summed E-state index contributed by atoms with van der Waals surface area (Å²) in [5.41, 5.74) is 3.44. The van der Waals surface area contributed by atoms with Gasteiger partial charge >= 0.3 is 0 Å². The summed E-state index contributed by atoms with van der Waals surface area (Å²) in [6.07, 6.45) is 4.31. The summed E-state index contributed by atoms with van der Waals surface area (Å²) in [6.45, 7) is 0. The Morgan fingerprint density at radius 3 is 2.95 bits per heavy atom. The van der Waals surface area contributed by atoms with E-state index in [-0.39, 0.29) is 17.6 Å². The van der Waals surface area contributed by atoms with E-state index < -0.39 is 0 Å². The second-order valence-corrected chi connectivity index (χ2v) is 5.62. The van der Waals surface area contributed by atoms with Gasteiger partial charge in [0.2, 0.25) is 5.91 Å². The summed E-state index contributed by atoms with van der Waals surface area (Å²) in [7, 11) is 0. The van der Waals surface area contributed by atoms with Crippen LogP contribution in [-0.2, 0) is 11.2 Å². The van der Waals surface area contributed by atoms with Gasteiger partial charge in [0.25, 0.3) is 0 Å². The molecule has 1 unspecified atom stereocenters. The molecule has 0 radical (unpaired) electrons. The van der Waals surface area contributed by atoms with Gasteiger partial charge in [-0.2, -0.15) is 0 Å². The fraction of sp³-hybridized carbons (Fsp3) is 0.467. The smallest absolute Gasteiger partial charge is 0.243 e. The molecule has 1 atom stereocenters. The van der Waals surface area contributed by atoms with Gasteiger partial charge in [-0.15, -0.1) is 0 Å². The summed E-state index contributed by atoms with van der Waals surface area (Å²) >= 11 is 5.94. The number of benzene rings is 1. The molecule has 0 bridgehead atoms. The highest BCUT2D eigenvalue weighted by Gasteiger charge is 2.26. The van der Waals surface area contributed by atoms with E-state index in [1.165, 1.54) is 0 Å². The van der Waals surface area contributed by atoms with Crippen molar-refractivity contribution < 1.29 is 14.8 Å². The number of rotatable bonds is 5. The molecule has 1 aliphatic rings. The molecule has 1 aromatic rings. The van der Waals surface area contributed by atoms with Crippen LogP contribution in [0.15, 0.2) is 18.2 Å². The summed E-state index contributed by atoms with van der Waals surface area (Å²) in [4.78, 5) is 23.2. The average Bonchev–Trinajstić information content (AvgIpc) is 2.45. The first-order valence-electron chi connectivity index (χ1n) is 6.87. The molecule has 0 heterocycles. The number of halogens is 1. The van der Waals surface area contributed by atoms with Crippen molar-refractivity contribution >= 4 is 23.3 Å². The number of ketones is 1. The molecule has 1 aliphatic carbocycles. The van der Waals surface area contributed by atoms with Crippen molar-refractivity contribution in [2.45, 2.75) is 38.5 Å². The molecule has 20 heavy (non-hydrogen) atoms. The van der Waals surface area contributed by atoms with Gasteiger partial charge in [-0.25, -0.2) is 5.48 Å². The standard InChI is InChI=1S/C15H18ClNO3/c16-12-7-8-13-11(9-12)6-5-10(15(13)19)3-1-2-4-14(18)17-20/h7-10,20H,1-6H2,(H,17,18). The van der Waals surface area contributed by atoms with Gasteiger partial charge in [-0.1, -0.05) is 18.0 Å². The summed E-state index contributed by atoms with van der Waals surface area (Å²) in [5.74, 6) is -0.143. The maximum Gasteiger partial charge on any atom is 0.243 e. The molecule has 108 valence electrons. The highest BCUT2D eigenvalue weighted by molar-refractivity contribution is 6.30. The Labute approximate surface area is 123 Å². The van der Waals surface area contributed by atoms with Gasteiger partial charge in [0, 0.05) is 22.9 Å². The third kappa shape index (κ3) is 3.58. The minimum Gasteiger partial charge on any atom is -0.294 e. The van der Waals surface area contributed by atoms with Gasteiger partial charge in [0.15, 0.2) is 5.78 Å². The largest absolute Gasteiger partial charge is 0.294 e. The topological polar surface area (TPSA) is 66.4 Å². The lowest BCUT2D eigenvalue weighted by Gasteiger charge is -2.23. The predicted molar refractivity (Wildman–Crippen MR) is 76.0 cm³/mol. The molecule has 4 nitrogen and oxygen atoms in total. The number of aryl methyl sites for hydroxylation is 1. The van der Waals surface area contributed by atoms with Crippen LogP contribution in [0.3, 0.4) is 0 Å². The quantitative estimate of drug-likeness (QED) is 0.498. The predicted octanol–water partition coefficient (Wildman–Crippen LogP) is 3.15. The molecule has 0 saturated carbocycles. The lowest BCUT2D eigenvalue weighted by molar-refractivity contribution is -0.129. The van der Waals surface area contributed by atoms with E-state index in [4.69, 9.17) is 16.8 Å². The van der Waals surface area contributed by atoms with E-state index in [0.717, 1.165) is 36.8 Å². The number of carbonyl (C=O) groups excluding carboxylic acids is 2. The number of hydrogen-bond donors (Lipinski definition) is 2. The molecule has 0 spiro atoms. The molecule has 0 aliphatic heterocycles. The van der Waals surface area contributed by atoms with Crippen molar-refractivity contribution in [2.24, 2.45) is 5.92 Å². The van der Waals surface area contributed by atoms with Crippen molar-refractivity contribution in [3.63, 3.8) is 0 Å². The Balaban J connectivity index is 1.88. The van der Waals surface area contributed by atoms with Gasteiger partial charge < -0.3 is 0 Å².